The Morgan fingerprint density at radius 3 is 0.721 bits per heavy atom. The molecule has 0 aliphatic heterocycles. The van der Waals surface area contributed by atoms with Crippen LogP contribution in [0.2, 0.25) is 0 Å². The fraction of sp³-hybridized carbons (Fsp3) is 0.952. The van der Waals surface area contributed by atoms with Crippen LogP contribution >= 0.6 is 0 Å². The summed E-state index contributed by atoms with van der Waals surface area (Å²) in [6.45, 7) is 9.08. The predicted molar refractivity (Wildman–Crippen MR) is 293 cm³/mol. The normalized spacial score (nSPS) is 12.0. The predicted octanol–water partition coefficient (Wildman–Crippen LogP) is 20.6. The highest BCUT2D eigenvalue weighted by atomic mass is 16.6. The first kappa shape index (κ1) is 66.4. The van der Waals surface area contributed by atoms with E-state index >= 15 is 0 Å². The number of unbranched alkanes of at least 4 members (excludes halogenated alkanes) is 44. The quantitative estimate of drug-likeness (QED) is 0.0343. The van der Waals surface area contributed by atoms with Crippen LogP contribution in [-0.2, 0) is 28.6 Å². The number of hydrogen-bond donors (Lipinski definition) is 0. The van der Waals surface area contributed by atoms with Crippen molar-refractivity contribution in [2.45, 2.75) is 361 Å². The van der Waals surface area contributed by atoms with Crippen molar-refractivity contribution in [1.82, 2.24) is 0 Å². The van der Waals surface area contributed by atoms with Crippen LogP contribution in [0.25, 0.3) is 0 Å². The molecule has 0 spiro atoms. The van der Waals surface area contributed by atoms with Gasteiger partial charge in [0.15, 0.2) is 6.10 Å². The number of esters is 3. The monoisotopic (exact) mass is 961 g/mol. The zero-order valence-electron chi connectivity index (χ0n) is 46.6. The van der Waals surface area contributed by atoms with Crippen LogP contribution in [0, 0.1) is 5.92 Å². The fourth-order valence-corrected chi connectivity index (χ4v) is 9.63. The van der Waals surface area contributed by atoms with E-state index in [4.69, 9.17) is 14.2 Å². The van der Waals surface area contributed by atoms with Crippen molar-refractivity contribution in [1.29, 1.82) is 0 Å². The van der Waals surface area contributed by atoms with Gasteiger partial charge >= 0.3 is 17.9 Å². The Kier molecular flexibility index (Phi) is 55.0. The lowest BCUT2D eigenvalue weighted by Crippen LogP contribution is -2.30. The molecule has 0 rings (SSSR count). The van der Waals surface area contributed by atoms with Gasteiger partial charge in [0.1, 0.15) is 13.2 Å². The Balaban J connectivity index is 4.29. The van der Waals surface area contributed by atoms with Crippen LogP contribution in [0.3, 0.4) is 0 Å². The lowest BCUT2D eigenvalue weighted by Gasteiger charge is -2.18. The third kappa shape index (κ3) is 55.3. The molecule has 0 aromatic rings. The molecule has 0 heterocycles. The highest BCUT2D eigenvalue weighted by molar-refractivity contribution is 5.71. The standard InChI is InChI=1S/C62H120O6/c1-5-7-9-11-13-15-17-19-21-23-25-29-33-37-41-45-49-53-60(63)66-56-59(68-62(65)55-51-47-43-39-35-31-24-22-20-18-16-14-12-10-8-6-2)57-67-61(64)54-50-46-42-38-34-30-27-26-28-32-36-40-44-48-52-58(3)4/h58-59H,5-57H2,1-4H3/t59-/m1/s1. The van der Waals surface area contributed by atoms with Gasteiger partial charge in [-0.15, -0.1) is 0 Å². The summed E-state index contributed by atoms with van der Waals surface area (Å²) in [6.07, 6.45) is 62.4. The molecule has 0 aromatic heterocycles. The second-order valence-electron chi connectivity index (χ2n) is 21.8. The van der Waals surface area contributed by atoms with E-state index in [1.807, 2.05) is 0 Å². The van der Waals surface area contributed by atoms with Crippen LogP contribution < -0.4 is 0 Å². The molecule has 0 unspecified atom stereocenters. The number of hydrogen-bond acceptors (Lipinski definition) is 6. The maximum absolute atomic E-state index is 12.9. The molecule has 0 bridgehead atoms. The van der Waals surface area contributed by atoms with Crippen molar-refractivity contribution in [3.05, 3.63) is 0 Å². The first-order chi connectivity index (χ1) is 33.4. The van der Waals surface area contributed by atoms with E-state index in [2.05, 4.69) is 27.7 Å². The van der Waals surface area contributed by atoms with Gasteiger partial charge < -0.3 is 14.2 Å². The molecule has 0 saturated heterocycles. The summed E-state index contributed by atoms with van der Waals surface area (Å²) in [4.78, 5) is 38.2. The topological polar surface area (TPSA) is 78.9 Å². The average Bonchev–Trinajstić information content (AvgIpc) is 3.32. The van der Waals surface area contributed by atoms with Crippen molar-refractivity contribution in [2.75, 3.05) is 13.2 Å². The van der Waals surface area contributed by atoms with Gasteiger partial charge in [-0.25, -0.2) is 0 Å². The Morgan fingerprint density at radius 1 is 0.279 bits per heavy atom. The molecule has 0 amide bonds. The van der Waals surface area contributed by atoms with Crippen LogP contribution in [0.5, 0.6) is 0 Å². The first-order valence-corrected chi connectivity index (χ1v) is 30.9. The molecule has 0 N–H and O–H groups in total. The number of carbonyl (C=O) groups excluding carboxylic acids is 3. The summed E-state index contributed by atoms with van der Waals surface area (Å²) in [5.74, 6) is 0.0153. The molecular formula is C62H120O6. The molecule has 0 fully saturated rings. The van der Waals surface area contributed by atoms with E-state index in [9.17, 15) is 14.4 Å². The van der Waals surface area contributed by atoms with Gasteiger partial charge in [-0.2, -0.15) is 0 Å². The van der Waals surface area contributed by atoms with Gasteiger partial charge in [0.2, 0.25) is 0 Å². The van der Waals surface area contributed by atoms with E-state index < -0.39 is 6.10 Å². The molecule has 68 heavy (non-hydrogen) atoms. The smallest absolute Gasteiger partial charge is 0.306 e. The van der Waals surface area contributed by atoms with Crippen molar-refractivity contribution < 1.29 is 28.6 Å². The molecule has 6 nitrogen and oxygen atoms in total. The highest BCUT2D eigenvalue weighted by Gasteiger charge is 2.19. The molecule has 6 heteroatoms. The first-order valence-electron chi connectivity index (χ1n) is 30.9. The zero-order valence-corrected chi connectivity index (χ0v) is 46.6. The van der Waals surface area contributed by atoms with Crippen LogP contribution in [-0.4, -0.2) is 37.2 Å². The third-order valence-corrected chi connectivity index (χ3v) is 14.3. The Labute approximate surface area is 425 Å². The molecule has 404 valence electrons. The summed E-state index contributed by atoms with van der Waals surface area (Å²) < 4.78 is 16.9. The number of rotatable bonds is 57. The van der Waals surface area contributed by atoms with Crippen LogP contribution in [0.15, 0.2) is 0 Å². The third-order valence-electron chi connectivity index (χ3n) is 14.3. The summed E-state index contributed by atoms with van der Waals surface area (Å²) in [7, 11) is 0. The van der Waals surface area contributed by atoms with E-state index in [-0.39, 0.29) is 31.1 Å². The van der Waals surface area contributed by atoms with E-state index in [0.717, 1.165) is 63.7 Å². The molecule has 0 aliphatic carbocycles. The van der Waals surface area contributed by atoms with Crippen molar-refractivity contribution in [3.63, 3.8) is 0 Å². The number of ether oxygens (including phenoxy) is 3. The largest absolute Gasteiger partial charge is 0.462 e. The second kappa shape index (κ2) is 56.3. The van der Waals surface area contributed by atoms with E-state index in [1.54, 1.807) is 0 Å². The summed E-state index contributed by atoms with van der Waals surface area (Å²) >= 11 is 0. The van der Waals surface area contributed by atoms with Crippen LogP contribution in [0.4, 0.5) is 0 Å². The van der Waals surface area contributed by atoms with Gasteiger partial charge in [0.25, 0.3) is 0 Å². The average molecular weight is 962 g/mol. The summed E-state index contributed by atoms with van der Waals surface area (Å²) in [6, 6.07) is 0. The maximum Gasteiger partial charge on any atom is 0.306 e. The number of carbonyl (C=O) groups is 3. The van der Waals surface area contributed by atoms with Crippen molar-refractivity contribution in [2.24, 2.45) is 5.92 Å². The minimum atomic E-state index is -0.762. The molecule has 0 radical (unpaired) electrons. The van der Waals surface area contributed by atoms with Gasteiger partial charge in [0, 0.05) is 19.3 Å². The lowest BCUT2D eigenvalue weighted by molar-refractivity contribution is -0.167. The summed E-state index contributed by atoms with van der Waals surface area (Å²) in [5.41, 5.74) is 0. The minimum absolute atomic E-state index is 0.0613. The maximum atomic E-state index is 12.9. The van der Waals surface area contributed by atoms with Crippen molar-refractivity contribution in [3.8, 4) is 0 Å². The van der Waals surface area contributed by atoms with Crippen molar-refractivity contribution >= 4 is 17.9 Å². The minimum Gasteiger partial charge on any atom is -0.462 e. The molecule has 1 atom stereocenters. The summed E-state index contributed by atoms with van der Waals surface area (Å²) in [5, 5.41) is 0. The van der Waals surface area contributed by atoms with E-state index in [1.165, 1.54) is 250 Å². The van der Waals surface area contributed by atoms with Gasteiger partial charge in [-0.05, 0) is 25.2 Å². The van der Waals surface area contributed by atoms with Gasteiger partial charge in [-0.1, -0.05) is 317 Å². The van der Waals surface area contributed by atoms with E-state index in [0.29, 0.717) is 19.3 Å². The Hall–Kier alpha value is -1.59. The van der Waals surface area contributed by atoms with Gasteiger partial charge in [0.05, 0.1) is 0 Å². The van der Waals surface area contributed by atoms with Crippen LogP contribution in [0.1, 0.15) is 355 Å². The Morgan fingerprint density at radius 2 is 0.485 bits per heavy atom. The lowest BCUT2D eigenvalue weighted by atomic mass is 10.0. The molecule has 0 aromatic carbocycles. The second-order valence-corrected chi connectivity index (χ2v) is 21.8. The SMILES string of the molecule is CCCCCCCCCCCCCCCCCCCC(=O)OC[C@H](COC(=O)CCCCCCCCCCCCCCCCC(C)C)OC(=O)CCCCCCCCCCCCCCCCCC. The molecule has 0 saturated carbocycles. The Bertz CT molecular complexity index is 1030. The van der Waals surface area contributed by atoms with Gasteiger partial charge in [-0.3, -0.25) is 14.4 Å². The highest BCUT2D eigenvalue weighted by Crippen LogP contribution is 2.18. The molecular weight excluding hydrogens is 841 g/mol. The fourth-order valence-electron chi connectivity index (χ4n) is 9.63. The molecule has 0 aliphatic rings. The zero-order chi connectivity index (χ0) is 49.5.